The average Bonchev–Trinajstić information content (AvgIpc) is 2.52. The van der Waals surface area contributed by atoms with Crippen LogP contribution in [0.4, 0.5) is 8.78 Å². The van der Waals surface area contributed by atoms with E-state index in [0.29, 0.717) is 18.9 Å². The molecule has 0 aliphatic rings. The van der Waals surface area contributed by atoms with E-state index in [1.165, 1.54) is 50.7 Å². The first-order chi connectivity index (χ1) is 11.9. The summed E-state index contributed by atoms with van der Waals surface area (Å²) in [6, 6.07) is 3.82. The van der Waals surface area contributed by atoms with E-state index in [0.717, 1.165) is 24.5 Å². The highest BCUT2D eigenvalue weighted by atomic mass is 19.1. The lowest BCUT2D eigenvalue weighted by atomic mass is 9.81. The summed E-state index contributed by atoms with van der Waals surface area (Å²) in [6.45, 7) is 9.23. The van der Waals surface area contributed by atoms with Crippen LogP contribution in [0.15, 0.2) is 18.2 Å². The third-order valence-electron chi connectivity index (χ3n) is 5.11. The van der Waals surface area contributed by atoms with Gasteiger partial charge in [-0.25, -0.2) is 8.78 Å². The van der Waals surface area contributed by atoms with Crippen molar-refractivity contribution >= 4 is 0 Å². The molecule has 0 aromatic heterocycles. The number of benzene rings is 1. The van der Waals surface area contributed by atoms with E-state index in [4.69, 9.17) is 4.74 Å². The van der Waals surface area contributed by atoms with Crippen molar-refractivity contribution in [1.82, 2.24) is 0 Å². The third kappa shape index (κ3) is 8.80. The molecule has 1 aromatic carbocycles. The molecule has 3 heteroatoms. The molecule has 144 valence electrons. The van der Waals surface area contributed by atoms with Crippen molar-refractivity contribution < 1.29 is 13.5 Å². The van der Waals surface area contributed by atoms with E-state index in [-0.39, 0.29) is 5.60 Å². The zero-order valence-electron chi connectivity index (χ0n) is 16.5. The molecule has 1 rings (SSSR count). The van der Waals surface area contributed by atoms with Crippen molar-refractivity contribution in [1.29, 1.82) is 0 Å². The average molecular weight is 355 g/mol. The van der Waals surface area contributed by atoms with Gasteiger partial charge in [0.15, 0.2) is 0 Å². The highest BCUT2D eigenvalue weighted by Crippen LogP contribution is 2.31. The van der Waals surface area contributed by atoms with Crippen molar-refractivity contribution in [2.45, 2.75) is 91.1 Å². The zero-order chi connectivity index (χ0) is 18.7. The predicted octanol–water partition coefficient (Wildman–Crippen LogP) is 7.08. The van der Waals surface area contributed by atoms with Crippen LogP contribution in [0.3, 0.4) is 0 Å². The summed E-state index contributed by atoms with van der Waals surface area (Å²) in [4.78, 5) is 0. The monoisotopic (exact) mass is 354 g/mol. The Hall–Kier alpha value is -0.960. The first kappa shape index (κ1) is 22.1. The molecule has 0 heterocycles. The van der Waals surface area contributed by atoms with Gasteiger partial charge >= 0.3 is 0 Å². The van der Waals surface area contributed by atoms with Crippen LogP contribution in [-0.4, -0.2) is 12.2 Å². The highest BCUT2D eigenvalue weighted by Gasteiger charge is 2.29. The maximum Gasteiger partial charge on any atom is 0.126 e. The second-order valence-electron chi connectivity index (χ2n) is 7.61. The Labute approximate surface area is 153 Å². The number of ether oxygens (including phenoxy) is 1. The first-order valence-electron chi connectivity index (χ1n) is 9.98. The topological polar surface area (TPSA) is 9.23 Å². The van der Waals surface area contributed by atoms with Crippen LogP contribution in [0.2, 0.25) is 0 Å². The van der Waals surface area contributed by atoms with E-state index in [1.54, 1.807) is 0 Å². The van der Waals surface area contributed by atoms with Crippen LogP contribution in [0, 0.1) is 17.6 Å². The van der Waals surface area contributed by atoms with E-state index in [1.807, 2.05) is 6.92 Å². The maximum absolute atomic E-state index is 13.4. The summed E-state index contributed by atoms with van der Waals surface area (Å²) in [7, 11) is 0. The van der Waals surface area contributed by atoms with Gasteiger partial charge in [-0.2, -0.15) is 0 Å². The number of halogens is 2. The smallest absolute Gasteiger partial charge is 0.126 e. The molecule has 1 atom stereocenters. The van der Waals surface area contributed by atoms with Crippen LogP contribution >= 0.6 is 0 Å². The Morgan fingerprint density at radius 2 is 1.48 bits per heavy atom. The van der Waals surface area contributed by atoms with Crippen molar-refractivity contribution in [3.05, 3.63) is 35.4 Å². The highest BCUT2D eigenvalue weighted by molar-refractivity contribution is 5.18. The molecule has 1 nitrogen and oxygen atoms in total. The number of rotatable bonds is 13. The van der Waals surface area contributed by atoms with Gasteiger partial charge in [0.2, 0.25) is 0 Å². The molecule has 0 aliphatic carbocycles. The number of unbranched alkanes of at least 4 members (excludes halogenated alkanes) is 5. The summed E-state index contributed by atoms with van der Waals surface area (Å²) in [5.74, 6) is -0.594. The molecule has 0 amide bonds. The van der Waals surface area contributed by atoms with Crippen LogP contribution in [0.1, 0.15) is 84.6 Å². The molecule has 0 N–H and O–H groups in total. The van der Waals surface area contributed by atoms with Gasteiger partial charge < -0.3 is 4.74 Å². The first-order valence-corrected chi connectivity index (χ1v) is 9.98. The molecular formula is C22H36F2O. The van der Waals surface area contributed by atoms with Gasteiger partial charge in [0.05, 0.1) is 5.60 Å². The van der Waals surface area contributed by atoms with Gasteiger partial charge in [-0.1, -0.05) is 45.4 Å². The lowest BCUT2D eigenvalue weighted by molar-refractivity contribution is -0.0598. The molecule has 0 bridgehead atoms. The van der Waals surface area contributed by atoms with E-state index in [2.05, 4.69) is 20.8 Å². The third-order valence-corrected chi connectivity index (χ3v) is 5.11. The molecule has 1 aromatic rings. The number of aryl methyl sites for hydroxylation is 1. The molecule has 0 aliphatic heterocycles. The molecule has 25 heavy (non-hydrogen) atoms. The Bertz CT molecular complexity index is 465. The van der Waals surface area contributed by atoms with Gasteiger partial charge in [0, 0.05) is 12.7 Å². The fourth-order valence-electron chi connectivity index (χ4n) is 3.60. The summed E-state index contributed by atoms with van der Waals surface area (Å²) >= 11 is 0. The molecule has 0 saturated carbocycles. The van der Waals surface area contributed by atoms with E-state index < -0.39 is 11.6 Å². The Balaban J connectivity index is 2.58. The van der Waals surface area contributed by atoms with Crippen LogP contribution < -0.4 is 0 Å². The minimum Gasteiger partial charge on any atom is -0.376 e. The Morgan fingerprint density at radius 1 is 0.880 bits per heavy atom. The predicted molar refractivity (Wildman–Crippen MR) is 102 cm³/mol. The van der Waals surface area contributed by atoms with Crippen molar-refractivity contribution in [3.8, 4) is 0 Å². The van der Waals surface area contributed by atoms with Gasteiger partial charge in [-0.3, -0.25) is 0 Å². The van der Waals surface area contributed by atoms with Gasteiger partial charge in [0.1, 0.15) is 11.6 Å². The van der Waals surface area contributed by atoms with Crippen molar-refractivity contribution in [2.75, 3.05) is 6.61 Å². The second kappa shape index (κ2) is 11.6. The fourth-order valence-corrected chi connectivity index (χ4v) is 3.60. The molecular weight excluding hydrogens is 318 g/mol. The Morgan fingerprint density at radius 3 is 2.08 bits per heavy atom. The minimum absolute atomic E-state index is 0.204. The summed E-state index contributed by atoms with van der Waals surface area (Å²) in [5.41, 5.74) is 0.530. The van der Waals surface area contributed by atoms with E-state index in [9.17, 15) is 8.78 Å². The summed E-state index contributed by atoms with van der Waals surface area (Å²) < 4.78 is 32.8. The van der Waals surface area contributed by atoms with Crippen LogP contribution in [-0.2, 0) is 11.2 Å². The summed E-state index contributed by atoms with van der Waals surface area (Å²) in [6.07, 6.45) is 10.3. The lowest BCUT2D eigenvalue weighted by Gasteiger charge is -2.34. The van der Waals surface area contributed by atoms with Gasteiger partial charge in [-0.05, 0) is 63.6 Å². The molecule has 1 unspecified atom stereocenters. The SMILES string of the molecule is CCCCCCCCC(CCc1cc(F)cc(F)c1)C(C)(C)OCC. The zero-order valence-corrected chi connectivity index (χ0v) is 16.5. The number of hydrogen-bond acceptors (Lipinski definition) is 1. The molecule has 0 saturated heterocycles. The van der Waals surface area contributed by atoms with Crippen molar-refractivity contribution in [3.63, 3.8) is 0 Å². The van der Waals surface area contributed by atoms with Crippen LogP contribution in [0.5, 0.6) is 0 Å². The van der Waals surface area contributed by atoms with Crippen LogP contribution in [0.25, 0.3) is 0 Å². The lowest BCUT2D eigenvalue weighted by Crippen LogP contribution is -2.35. The Kier molecular flexibility index (Phi) is 10.3. The fraction of sp³-hybridized carbons (Fsp3) is 0.727. The molecule has 0 fully saturated rings. The largest absolute Gasteiger partial charge is 0.376 e. The molecule has 0 radical (unpaired) electrons. The summed E-state index contributed by atoms with van der Waals surface area (Å²) in [5, 5.41) is 0. The van der Waals surface area contributed by atoms with Crippen molar-refractivity contribution in [2.24, 2.45) is 5.92 Å². The number of hydrogen-bond donors (Lipinski definition) is 0. The minimum atomic E-state index is -0.494. The molecule has 0 spiro atoms. The van der Waals surface area contributed by atoms with Gasteiger partial charge in [0.25, 0.3) is 0 Å². The standard InChI is InChI=1S/C22H36F2O/c1-5-7-8-9-10-11-12-19(22(3,4)25-6-2)14-13-18-15-20(23)17-21(24)16-18/h15-17,19H,5-14H2,1-4H3. The quantitative estimate of drug-likeness (QED) is 0.344. The normalized spacial score (nSPS) is 13.2. The van der Waals surface area contributed by atoms with E-state index >= 15 is 0 Å². The van der Waals surface area contributed by atoms with Gasteiger partial charge in [-0.15, -0.1) is 0 Å². The maximum atomic E-state index is 13.4. The second-order valence-corrected chi connectivity index (χ2v) is 7.61.